The molecule has 0 fully saturated rings. The van der Waals surface area contributed by atoms with Crippen LogP contribution in [0.15, 0.2) is 12.1 Å². The van der Waals surface area contributed by atoms with Crippen LogP contribution >= 0.6 is 0 Å². The number of carbonyl (C=O) groups is 1. The van der Waals surface area contributed by atoms with E-state index in [4.69, 9.17) is 4.74 Å². The van der Waals surface area contributed by atoms with Crippen LogP contribution in [-0.4, -0.2) is 44.2 Å². The summed E-state index contributed by atoms with van der Waals surface area (Å²) in [5, 5.41) is 3.36. The number of hydrogen-bond donors (Lipinski definition) is 1. The van der Waals surface area contributed by atoms with Gasteiger partial charge in [-0.2, -0.15) is 0 Å². The van der Waals surface area contributed by atoms with Crippen LogP contribution in [0.25, 0.3) is 0 Å². The minimum atomic E-state index is -0.347. The highest BCUT2D eigenvalue weighted by Gasteiger charge is 2.17. The van der Waals surface area contributed by atoms with Crippen molar-refractivity contribution in [1.82, 2.24) is 4.90 Å². The van der Waals surface area contributed by atoms with E-state index >= 15 is 0 Å². The SMILES string of the molecule is CCc1cc(C)cc(CC)c1N[C@@H](C)C(=O)OCCN(C)C. The molecular formula is C18H30N2O2. The third kappa shape index (κ3) is 5.34. The maximum Gasteiger partial charge on any atom is 0.328 e. The van der Waals surface area contributed by atoms with E-state index in [1.165, 1.54) is 16.7 Å². The van der Waals surface area contributed by atoms with Gasteiger partial charge in [0.2, 0.25) is 0 Å². The Kier molecular flexibility index (Phi) is 7.39. The molecule has 22 heavy (non-hydrogen) atoms. The number of ether oxygens (including phenoxy) is 1. The molecule has 0 bridgehead atoms. The molecule has 0 aliphatic rings. The van der Waals surface area contributed by atoms with Gasteiger partial charge in [-0.3, -0.25) is 0 Å². The Morgan fingerprint density at radius 3 is 2.23 bits per heavy atom. The molecule has 0 amide bonds. The van der Waals surface area contributed by atoms with E-state index in [0.717, 1.165) is 25.1 Å². The molecular weight excluding hydrogens is 276 g/mol. The predicted octanol–water partition coefficient (Wildman–Crippen LogP) is 3.03. The van der Waals surface area contributed by atoms with Crippen LogP contribution < -0.4 is 5.32 Å². The van der Waals surface area contributed by atoms with Crippen LogP contribution in [0, 0.1) is 6.92 Å². The molecule has 1 aromatic rings. The van der Waals surface area contributed by atoms with E-state index in [1.54, 1.807) is 0 Å². The summed E-state index contributed by atoms with van der Waals surface area (Å²) in [7, 11) is 3.92. The molecule has 124 valence electrons. The molecule has 0 unspecified atom stereocenters. The van der Waals surface area contributed by atoms with Gasteiger partial charge in [-0.15, -0.1) is 0 Å². The average Bonchev–Trinajstić information content (AvgIpc) is 2.47. The van der Waals surface area contributed by atoms with Gasteiger partial charge in [0.05, 0.1) is 0 Å². The summed E-state index contributed by atoms with van der Waals surface area (Å²) in [5.74, 6) is -0.202. The highest BCUT2D eigenvalue weighted by atomic mass is 16.5. The van der Waals surface area contributed by atoms with Crippen molar-refractivity contribution < 1.29 is 9.53 Å². The summed E-state index contributed by atoms with van der Waals surface area (Å²) < 4.78 is 5.31. The summed E-state index contributed by atoms with van der Waals surface area (Å²) in [6.07, 6.45) is 1.89. The normalized spacial score (nSPS) is 12.3. The Labute approximate surface area is 134 Å². The van der Waals surface area contributed by atoms with Gasteiger partial charge >= 0.3 is 5.97 Å². The Bertz CT molecular complexity index is 473. The fraction of sp³-hybridized carbons (Fsp3) is 0.611. The van der Waals surface area contributed by atoms with Crippen molar-refractivity contribution >= 4 is 11.7 Å². The molecule has 0 spiro atoms. The largest absolute Gasteiger partial charge is 0.463 e. The van der Waals surface area contributed by atoms with E-state index in [9.17, 15) is 4.79 Å². The summed E-state index contributed by atoms with van der Waals surface area (Å²) in [4.78, 5) is 14.1. The number of nitrogens with zero attached hydrogens (tertiary/aromatic N) is 1. The minimum absolute atomic E-state index is 0.202. The third-order valence-electron chi connectivity index (χ3n) is 3.71. The molecule has 1 rings (SSSR count). The van der Waals surface area contributed by atoms with E-state index in [2.05, 4.69) is 38.2 Å². The number of carbonyl (C=O) groups excluding carboxylic acids is 1. The first-order chi connectivity index (χ1) is 10.4. The summed E-state index contributed by atoms with van der Waals surface area (Å²) in [6.45, 7) is 9.41. The molecule has 0 radical (unpaired) electrons. The highest BCUT2D eigenvalue weighted by molar-refractivity contribution is 5.79. The Morgan fingerprint density at radius 1 is 1.23 bits per heavy atom. The van der Waals surface area contributed by atoms with Gasteiger partial charge in [0.25, 0.3) is 0 Å². The number of rotatable bonds is 8. The quantitative estimate of drug-likeness (QED) is 0.750. The molecule has 0 saturated carbocycles. The maximum atomic E-state index is 12.1. The first-order valence-electron chi connectivity index (χ1n) is 8.09. The zero-order chi connectivity index (χ0) is 16.7. The number of nitrogens with one attached hydrogen (secondary N) is 1. The predicted molar refractivity (Wildman–Crippen MR) is 92.5 cm³/mol. The number of benzene rings is 1. The fourth-order valence-corrected chi connectivity index (χ4v) is 2.41. The van der Waals surface area contributed by atoms with Crippen molar-refractivity contribution in [3.63, 3.8) is 0 Å². The Balaban J connectivity index is 2.78. The number of anilines is 1. The summed E-state index contributed by atoms with van der Waals surface area (Å²) in [5.41, 5.74) is 4.86. The maximum absolute atomic E-state index is 12.1. The molecule has 0 heterocycles. The van der Waals surface area contributed by atoms with Crippen molar-refractivity contribution in [2.75, 3.05) is 32.6 Å². The fourth-order valence-electron chi connectivity index (χ4n) is 2.41. The van der Waals surface area contributed by atoms with Crippen LogP contribution in [0.4, 0.5) is 5.69 Å². The highest BCUT2D eigenvalue weighted by Crippen LogP contribution is 2.25. The molecule has 1 N–H and O–H groups in total. The van der Waals surface area contributed by atoms with Gasteiger partial charge in [-0.1, -0.05) is 31.5 Å². The molecule has 1 aromatic carbocycles. The van der Waals surface area contributed by atoms with Gasteiger partial charge in [0.1, 0.15) is 12.6 Å². The van der Waals surface area contributed by atoms with Crippen molar-refractivity contribution in [1.29, 1.82) is 0 Å². The van der Waals surface area contributed by atoms with Gasteiger partial charge < -0.3 is 15.0 Å². The second-order valence-electron chi connectivity index (χ2n) is 6.00. The standard InChI is InChI=1S/C18H30N2O2/c1-7-15-11-13(3)12-16(8-2)17(15)19-14(4)18(21)22-10-9-20(5)6/h11-12,14,19H,7-10H2,1-6H3/t14-/m0/s1. The Morgan fingerprint density at radius 2 is 1.77 bits per heavy atom. The molecule has 4 heteroatoms. The molecule has 0 aromatic heterocycles. The molecule has 1 atom stereocenters. The monoisotopic (exact) mass is 306 g/mol. The van der Waals surface area contributed by atoms with Gasteiger partial charge in [0.15, 0.2) is 0 Å². The lowest BCUT2D eigenvalue weighted by atomic mass is 9.99. The first-order valence-corrected chi connectivity index (χ1v) is 8.09. The lowest BCUT2D eigenvalue weighted by molar-refractivity contribution is -0.144. The number of aryl methyl sites for hydroxylation is 3. The van der Waals surface area contributed by atoms with Gasteiger partial charge in [0, 0.05) is 12.2 Å². The lowest BCUT2D eigenvalue weighted by Crippen LogP contribution is -2.31. The lowest BCUT2D eigenvalue weighted by Gasteiger charge is -2.21. The van der Waals surface area contributed by atoms with Crippen molar-refractivity contribution in [2.45, 2.75) is 46.6 Å². The third-order valence-corrected chi connectivity index (χ3v) is 3.71. The Hall–Kier alpha value is -1.55. The van der Waals surface area contributed by atoms with Crippen molar-refractivity contribution in [3.8, 4) is 0 Å². The average molecular weight is 306 g/mol. The van der Waals surface area contributed by atoms with Gasteiger partial charge in [-0.05, 0) is 51.9 Å². The van der Waals surface area contributed by atoms with Crippen molar-refractivity contribution in [3.05, 3.63) is 28.8 Å². The van der Waals surface area contributed by atoms with E-state index in [0.29, 0.717) is 6.61 Å². The summed E-state index contributed by atoms with van der Waals surface area (Å²) in [6, 6.07) is 4.03. The van der Waals surface area contributed by atoms with Crippen molar-refractivity contribution in [2.24, 2.45) is 0 Å². The zero-order valence-corrected chi connectivity index (χ0v) is 14.8. The molecule has 0 saturated heterocycles. The summed E-state index contributed by atoms with van der Waals surface area (Å²) >= 11 is 0. The smallest absolute Gasteiger partial charge is 0.328 e. The molecule has 0 aliphatic carbocycles. The van der Waals surface area contributed by atoms with E-state index in [1.807, 2.05) is 25.9 Å². The van der Waals surface area contributed by atoms with Crippen LogP contribution in [0.2, 0.25) is 0 Å². The number of esters is 1. The second kappa shape index (κ2) is 8.79. The van der Waals surface area contributed by atoms with Crippen LogP contribution in [-0.2, 0) is 22.4 Å². The molecule has 0 aliphatic heterocycles. The molecule has 4 nitrogen and oxygen atoms in total. The van der Waals surface area contributed by atoms with Crippen LogP contribution in [0.1, 0.15) is 37.5 Å². The van der Waals surface area contributed by atoms with E-state index < -0.39 is 0 Å². The van der Waals surface area contributed by atoms with Crippen LogP contribution in [0.3, 0.4) is 0 Å². The number of hydrogen-bond acceptors (Lipinski definition) is 4. The van der Waals surface area contributed by atoms with Crippen LogP contribution in [0.5, 0.6) is 0 Å². The number of likely N-dealkylation sites (N-methyl/N-ethyl adjacent to an activating group) is 1. The van der Waals surface area contributed by atoms with Gasteiger partial charge in [-0.25, -0.2) is 4.79 Å². The second-order valence-corrected chi connectivity index (χ2v) is 6.00. The van der Waals surface area contributed by atoms with E-state index in [-0.39, 0.29) is 12.0 Å². The first kappa shape index (κ1) is 18.5. The topological polar surface area (TPSA) is 41.6 Å². The minimum Gasteiger partial charge on any atom is -0.463 e. The zero-order valence-electron chi connectivity index (χ0n) is 14.8.